The standard InChI is InChI=1S/C18H23F3N6/c1-22-17(24-13-16-23-6-7-25(16)2)27-10-8-26(9-11-27)15-5-3-4-14(12-15)18(19,20)21/h3-7,12H,8-11,13H2,1-2H3,(H,22,24). The number of aliphatic imine (C=N–C) groups is 1. The summed E-state index contributed by atoms with van der Waals surface area (Å²) in [6, 6.07) is 5.49. The summed E-state index contributed by atoms with van der Waals surface area (Å²) in [5.41, 5.74) is -0.0181. The van der Waals surface area contributed by atoms with Crippen LogP contribution in [0.4, 0.5) is 18.9 Å². The zero-order chi connectivity index (χ0) is 19.4. The van der Waals surface area contributed by atoms with E-state index in [0.29, 0.717) is 38.4 Å². The van der Waals surface area contributed by atoms with Gasteiger partial charge in [-0.2, -0.15) is 13.2 Å². The first kappa shape index (κ1) is 19.1. The third-order valence-corrected chi connectivity index (χ3v) is 4.66. The highest BCUT2D eigenvalue weighted by Crippen LogP contribution is 2.31. The number of hydrogen-bond acceptors (Lipinski definition) is 3. The maximum Gasteiger partial charge on any atom is 0.416 e. The van der Waals surface area contributed by atoms with Crippen molar-refractivity contribution in [3.05, 3.63) is 48.0 Å². The van der Waals surface area contributed by atoms with Crippen LogP contribution in [0.1, 0.15) is 11.4 Å². The predicted molar refractivity (Wildman–Crippen MR) is 98.6 cm³/mol. The summed E-state index contributed by atoms with van der Waals surface area (Å²) in [5.74, 6) is 1.67. The molecule has 0 atom stereocenters. The van der Waals surface area contributed by atoms with Gasteiger partial charge in [-0.1, -0.05) is 6.07 Å². The van der Waals surface area contributed by atoms with Gasteiger partial charge >= 0.3 is 6.18 Å². The van der Waals surface area contributed by atoms with Crippen LogP contribution in [-0.2, 0) is 19.8 Å². The van der Waals surface area contributed by atoms with Gasteiger partial charge in [-0.05, 0) is 18.2 Å². The minimum absolute atomic E-state index is 0.560. The molecule has 6 nitrogen and oxygen atoms in total. The number of hydrogen-bond donors (Lipinski definition) is 1. The lowest BCUT2D eigenvalue weighted by atomic mass is 10.1. The van der Waals surface area contributed by atoms with Crippen molar-refractivity contribution in [2.75, 3.05) is 38.1 Å². The summed E-state index contributed by atoms with van der Waals surface area (Å²) in [7, 11) is 3.65. The Labute approximate surface area is 156 Å². The predicted octanol–water partition coefficient (Wildman–Crippen LogP) is 2.34. The molecule has 146 valence electrons. The molecule has 0 radical (unpaired) electrons. The Bertz CT molecular complexity index is 790. The molecule has 2 heterocycles. The molecule has 0 spiro atoms. The monoisotopic (exact) mass is 380 g/mol. The molecule has 1 aromatic heterocycles. The third-order valence-electron chi connectivity index (χ3n) is 4.66. The van der Waals surface area contributed by atoms with Crippen molar-refractivity contribution in [2.45, 2.75) is 12.7 Å². The Kier molecular flexibility index (Phi) is 5.57. The fourth-order valence-electron chi connectivity index (χ4n) is 3.11. The van der Waals surface area contributed by atoms with E-state index in [1.165, 1.54) is 12.1 Å². The Morgan fingerprint density at radius 1 is 1.22 bits per heavy atom. The number of alkyl halides is 3. The fraction of sp³-hybridized carbons (Fsp3) is 0.444. The van der Waals surface area contributed by atoms with Crippen LogP contribution in [0.15, 0.2) is 41.7 Å². The number of benzene rings is 1. The molecule has 0 bridgehead atoms. The van der Waals surface area contributed by atoms with Crippen LogP contribution in [0.25, 0.3) is 0 Å². The van der Waals surface area contributed by atoms with Gasteiger partial charge in [-0.25, -0.2) is 4.98 Å². The highest BCUT2D eigenvalue weighted by Gasteiger charge is 2.31. The molecule has 1 aliphatic rings. The maximum atomic E-state index is 12.9. The molecule has 0 amide bonds. The largest absolute Gasteiger partial charge is 0.416 e. The van der Waals surface area contributed by atoms with Crippen LogP contribution in [0.3, 0.4) is 0 Å². The molecule has 1 aliphatic heterocycles. The van der Waals surface area contributed by atoms with E-state index >= 15 is 0 Å². The van der Waals surface area contributed by atoms with Gasteiger partial charge in [0.1, 0.15) is 5.82 Å². The van der Waals surface area contributed by atoms with Gasteiger partial charge in [-0.3, -0.25) is 4.99 Å². The number of anilines is 1. The zero-order valence-electron chi connectivity index (χ0n) is 15.4. The molecule has 0 aliphatic carbocycles. The number of piperazine rings is 1. The Balaban J connectivity index is 1.58. The topological polar surface area (TPSA) is 48.7 Å². The number of halogens is 3. The Morgan fingerprint density at radius 2 is 1.96 bits per heavy atom. The fourth-order valence-corrected chi connectivity index (χ4v) is 3.11. The average molecular weight is 380 g/mol. The van der Waals surface area contributed by atoms with Crippen molar-refractivity contribution in [2.24, 2.45) is 12.0 Å². The van der Waals surface area contributed by atoms with Gasteiger partial charge < -0.3 is 19.7 Å². The summed E-state index contributed by atoms with van der Waals surface area (Å²) in [5, 5.41) is 3.29. The lowest BCUT2D eigenvalue weighted by Gasteiger charge is -2.37. The van der Waals surface area contributed by atoms with E-state index in [1.54, 1.807) is 19.3 Å². The van der Waals surface area contributed by atoms with Gasteiger partial charge in [0.2, 0.25) is 0 Å². The molecule has 2 aromatic rings. The summed E-state index contributed by atoms with van der Waals surface area (Å²) < 4.78 is 40.7. The van der Waals surface area contributed by atoms with Crippen LogP contribution < -0.4 is 10.2 Å². The summed E-state index contributed by atoms with van der Waals surface area (Å²) >= 11 is 0. The molecule has 3 rings (SSSR count). The van der Waals surface area contributed by atoms with Crippen LogP contribution >= 0.6 is 0 Å². The molecule has 1 saturated heterocycles. The second kappa shape index (κ2) is 7.89. The first-order chi connectivity index (χ1) is 12.9. The van der Waals surface area contributed by atoms with Gasteiger partial charge in [0.25, 0.3) is 0 Å². The molecule has 9 heteroatoms. The van der Waals surface area contributed by atoms with Crippen molar-refractivity contribution in [3.8, 4) is 0 Å². The number of aryl methyl sites for hydroxylation is 1. The minimum atomic E-state index is -4.32. The van der Waals surface area contributed by atoms with Crippen LogP contribution in [0, 0.1) is 0 Å². The van der Waals surface area contributed by atoms with Crippen LogP contribution in [0.2, 0.25) is 0 Å². The zero-order valence-corrected chi connectivity index (χ0v) is 15.4. The number of nitrogens with zero attached hydrogens (tertiary/aromatic N) is 5. The highest BCUT2D eigenvalue weighted by atomic mass is 19.4. The number of rotatable bonds is 3. The van der Waals surface area contributed by atoms with E-state index < -0.39 is 11.7 Å². The first-order valence-corrected chi connectivity index (χ1v) is 8.72. The third kappa shape index (κ3) is 4.53. The highest BCUT2D eigenvalue weighted by molar-refractivity contribution is 5.80. The van der Waals surface area contributed by atoms with Crippen LogP contribution in [-0.4, -0.2) is 53.6 Å². The van der Waals surface area contributed by atoms with Crippen molar-refractivity contribution < 1.29 is 13.2 Å². The second-order valence-corrected chi connectivity index (χ2v) is 6.38. The summed E-state index contributed by atoms with van der Waals surface area (Å²) in [6.45, 7) is 3.17. The molecule has 0 unspecified atom stereocenters. The van der Waals surface area contributed by atoms with E-state index in [2.05, 4.69) is 20.2 Å². The first-order valence-electron chi connectivity index (χ1n) is 8.72. The summed E-state index contributed by atoms with van der Waals surface area (Å²) in [6.07, 6.45) is -0.698. The van der Waals surface area contributed by atoms with Gasteiger partial charge in [0.05, 0.1) is 12.1 Å². The SMILES string of the molecule is CN=C(NCc1nccn1C)N1CCN(c2cccc(C(F)(F)F)c2)CC1. The second-order valence-electron chi connectivity index (χ2n) is 6.38. The van der Waals surface area contributed by atoms with E-state index in [-0.39, 0.29) is 0 Å². The van der Waals surface area contributed by atoms with Crippen molar-refractivity contribution in [3.63, 3.8) is 0 Å². The maximum absolute atomic E-state index is 12.9. The van der Waals surface area contributed by atoms with Gasteiger partial charge in [0.15, 0.2) is 5.96 Å². The van der Waals surface area contributed by atoms with E-state index in [9.17, 15) is 13.2 Å². The van der Waals surface area contributed by atoms with E-state index in [4.69, 9.17) is 0 Å². The molecule has 1 aromatic carbocycles. The molecular formula is C18H23F3N6. The van der Waals surface area contributed by atoms with Gasteiger partial charge in [0, 0.05) is 58.4 Å². The number of guanidine groups is 1. The molecular weight excluding hydrogens is 357 g/mol. The minimum Gasteiger partial charge on any atom is -0.368 e. The summed E-state index contributed by atoms with van der Waals surface area (Å²) in [4.78, 5) is 12.7. The van der Waals surface area contributed by atoms with E-state index in [0.717, 1.165) is 17.9 Å². The van der Waals surface area contributed by atoms with Crippen molar-refractivity contribution >= 4 is 11.6 Å². The van der Waals surface area contributed by atoms with Crippen LogP contribution in [0.5, 0.6) is 0 Å². The number of aromatic nitrogens is 2. The lowest BCUT2D eigenvalue weighted by molar-refractivity contribution is -0.137. The molecule has 27 heavy (non-hydrogen) atoms. The molecule has 1 fully saturated rings. The number of nitrogens with one attached hydrogen (secondary N) is 1. The normalized spacial score (nSPS) is 16.0. The Morgan fingerprint density at radius 3 is 2.56 bits per heavy atom. The van der Waals surface area contributed by atoms with Crippen molar-refractivity contribution in [1.82, 2.24) is 19.8 Å². The Hall–Kier alpha value is -2.71. The smallest absolute Gasteiger partial charge is 0.368 e. The molecule has 0 saturated carbocycles. The van der Waals surface area contributed by atoms with Crippen molar-refractivity contribution in [1.29, 1.82) is 0 Å². The number of imidazole rings is 1. The average Bonchev–Trinajstić information content (AvgIpc) is 3.07. The molecule has 1 N–H and O–H groups in total. The van der Waals surface area contributed by atoms with Gasteiger partial charge in [-0.15, -0.1) is 0 Å². The quantitative estimate of drug-likeness (QED) is 0.656. The van der Waals surface area contributed by atoms with E-state index in [1.807, 2.05) is 22.7 Å². The lowest BCUT2D eigenvalue weighted by Crippen LogP contribution is -2.52.